The van der Waals surface area contributed by atoms with Gasteiger partial charge in [0.25, 0.3) is 11.8 Å². The minimum absolute atomic E-state index is 0.0647. The maximum absolute atomic E-state index is 13.2. The molecular weight excluding hydrogens is 786 g/mol. The highest BCUT2D eigenvalue weighted by atomic mass is 16.6. The number of nitrogens with one attached hydrogen (secondary N) is 2. The van der Waals surface area contributed by atoms with Crippen molar-refractivity contribution in [3.05, 3.63) is 65.2 Å². The third-order valence-corrected chi connectivity index (χ3v) is 8.86. The zero-order valence-corrected chi connectivity index (χ0v) is 34.4. The second-order valence-corrected chi connectivity index (χ2v) is 13.3. The predicted molar refractivity (Wildman–Crippen MR) is 216 cm³/mol. The Balaban J connectivity index is 0.811. The van der Waals surface area contributed by atoms with Crippen LogP contribution in [0.5, 0.6) is 0 Å². The quantitative estimate of drug-likeness (QED) is 0.0738. The first-order chi connectivity index (χ1) is 29.6. The van der Waals surface area contributed by atoms with E-state index in [9.17, 15) is 19.2 Å². The van der Waals surface area contributed by atoms with Crippen LogP contribution in [0.2, 0.25) is 0 Å². The molecule has 4 amide bonds. The van der Waals surface area contributed by atoms with Gasteiger partial charge in [0.2, 0.25) is 11.8 Å². The van der Waals surface area contributed by atoms with E-state index < -0.39 is 29.7 Å². The molecule has 0 aliphatic carbocycles. The number of carbonyl (C=O) groups is 4. The van der Waals surface area contributed by atoms with Crippen molar-refractivity contribution in [1.29, 1.82) is 0 Å². The monoisotopic (exact) mass is 847 g/mol. The number of rotatable bonds is 37. The van der Waals surface area contributed by atoms with Crippen LogP contribution in [0.15, 0.2) is 48.5 Å². The summed E-state index contributed by atoms with van der Waals surface area (Å²) in [6.45, 7) is 10.7. The summed E-state index contributed by atoms with van der Waals surface area (Å²) in [4.78, 5) is 50.9. The van der Waals surface area contributed by atoms with Crippen LogP contribution < -0.4 is 10.6 Å². The molecule has 2 N–H and O–H groups in total. The Morgan fingerprint density at radius 2 is 0.933 bits per heavy atom. The van der Waals surface area contributed by atoms with E-state index in [-0.39, 0.29) is 24.0 Å². The van der Waals surface area contributed by atoms with Gasteiger partial charge >= 0.3 is 0 Å². The molecule has 2 heterocycles. The fourth-order valence-electron chi connectivity index (χ4n) is 5.88. The smallest absolute Gasteiger partial charge is 0.264 e. The largest absolute Gasteiger partial charge is 0.382 e. The van der Waals surface area contributed by atoms with Crippen LogP contribution in [0.4, 0.5) is 5.69 Å². The van der Waals surface area contributed by atoms with E-state index in [4.69, 9.17) is 52.1 Å². The molecule has 2 aliphatic rings. The van der Waals surface area contributed by atoms with Gasteiger partial charge in [0.15, 0.2) is 0 Å². The Morgan fingerprint density at radius 1 is 0.500 bits per heavy atom. The number of ether oxygens (including phenoxy) is 11. The van der Waals surface area contributed by atoms with Crippen LogP contribution in [0, 0.1) is 0 Å². The number of fused-ring (bicyclic) bond motifs is 1. The lowest BCUT2D eigenvalue weighted by Crippen LogP contribution is -2.54. The van der Waals surface area contributed by atoms with E-state index in [0.717, 1.165) is 10.5 Å². The first-order valence-corrected chi connectivity index (χ1v) is 20.5. The molecule has 2 aromatic rings. The van der Waals surface area contributed by atoms with E-state index in [0.29, 0.717) is 158 Å². The van der Waals surface area contributed by atoms with Crippen molar-refractivity contribution >= 4 is 29.3 Å². The third-order valence-electron chi connectivity index (χ3n) is 8.86. The second kappa shape index (κ2) is 31.0. The van der Waals surface area contributed by atoms with Crippen molar-refractivity contribution in [2.45, 2.75) is 25.5 Å². The Kier molecular flexibility index (Phi) is 25.2. The first-order valence-electron chi connectivity index (χ1n) is 20.5. The molecule has 0 aromatic heterocycles. The normalized spacial score (nSPS) is 15.2. The Hall–Kier alpha value is -3.92. The summed E-state index contributed by atoms with van der Waals surface area (Å²) >= 11 is 0. The van der Waals surface area contributed by atoms with Crippen LogP contribution in [0.25, 0.3) is 0 Å². The molecule has 1 unspecified atom stereocenters. The van der Waals surface area contributed by atoms with Crippen LogP contribution >= 0.6 is 0 Å². The number of nitrogens with zero attached hydrogens (tertiary/aromatic N) is 1. The van der Waals surface area contributed by atoms with Crippen molar-refractivity contribution in [3.8, 4) is 0 Å². The molecule has 18 heteroatoms. The SMILES string of the molecule is O=C1CCC(N2C(=O)c3cccc(NCCOCCOCCOCCOCCOCCOCCOCCOCCOCCOCCOCc4ccccc4)c3C2=O)C(=O)N1. The molecule has 1 fully saturated rings. The van der Waals surface area contributed by atoms with Gasteiger partial charge in [0.1, 0.15) is 6.04 Å². The highest BCUT2D eigenvalue weighted by Crippen LogP contribution is 2.32. The lowest BCUT2D eigenvalue weighted by Gasteiger charge is -2.27. The highest BCUT2D eigenvalue weighted by Gasteiger charge is 2.45. The average Bonchev–Trinajstić information content (AvgIpc) is 3.51. The molecule has 1 atom stereocenters. The van der Waals surface area contributed by atoms with E-state index in [1.165, 1.54) is 0 Å². The molecule has 334 valence electrons. The van der Waals surface area contributed by atoms with Gasteiger partial charge in [-0.25, -0.2) is 0 Å². The molecule has 0 spiro atoms. The topological polar surface area (TPSA) is 197 Å². The van der Waals surface area contributed by atoms with Crippen molar-refractivity contribution in [2.24, 2.45) is 0 Å². The Bertz CT molecular complexity index is 1520. The maximum atomic E-state index is 13.2. The van der Waals surface area contributed by atoms with Gasteiger partial charge in [-0.15, -0.1) is 0 Å². The predicted octanol–water partition coefficient (Wildman–Crippen LogP) is 1.88. The van der Waals surface area contributed by atoms with Crippen LogP contribution in [-0.4, -0.2) is 180 Å². The van der Waals surface area contributed by atoms with E-state index >= 15 is 0 Å². The third kappa shape index (κ3) is 19.2. The summed E-state index contributed by atoms with van der Waals surface area (Å²) in [6, 6.07) is 13.9. The fourth-order valence-corrected chi connectivity index (χ4v) is 5.88. The Morgan fingerprint density at radius 3 is 1.38 bits per heavy atom. The molecule has 0 radical (unpaired) electrons. The highest BCUT2D eigenvalue weighted by molar-refractivity contribution is 6.25. The van der Waals surface area contributed by atoms with E-state index in [1.807, 2.05) is 30.3 Å². The summed E-state index contributed by atoms with van der Waals surface area (Å²) in [5, 5.41) is 5.33. The van der Waals surface area contributed by atoms with Gasteiger partial charge in [0, 0.05) is 18.7 Å². The number of piperidine rings is 1. The summed E-state index contributed by atoms with van der Waals surface area (Å²) in [7, 11) is 0. The number of benzene rings is 2. The number of amides is 4. The van der Waals surface area contributed by atoms with E-state index in [2.05, 4.69) is 10.6 Å². The van der Waals surface area contributed by atoms with Gasteiger partial charge in [0.05, 0.1) is 156 Å². The van der Waals surface area contributed by atoms with Crippen molar-refractivity contribution < 1.29 is 71.3 Å². The van der Waals surface area contributed by atoms with Crippen LogP contribution in [0.3, 0.4) is 0 Å². The molecule has 60 heavy (non-hydrogen) atoms. The summed E-state index contributed by atoms with van der Waals surface area (Å²) in [5.74, 6) is -2.17. The van der Waals surface area contributed by atoms with Crippen molar-refractivity contribution in [3.63, 3.8) is 0 Å². The molecule has 2 aliphatic heterocycles. The Labute approximate surface area is 351 Å². The molecule has 18 nitrogen and oxygen atoms in total. The summed E-state index contributed by atoms with van der Waals surface area (Å²) in [5.41, 5.74) is 2.05. The minimum Gasteiger partial charge on any atom is -0.382 e. The number of hydrogen-bond donors (Lipinski definition) is 2. The van der Waals surface area contributed by atoms with Crippen LogP contribution in [-0.2, 0) is 68.3 Å². The standard InChI is InChI=1S/C42H61N3O15/c46-38-10-9-37(40(47)44-38)45-41(48)35-7-4-8-36(39(35)42(45)49)43-11-12-50-13-14-51-15-16-52-17-18-53-19-20-54-21-22-55-23-24-56-25-26-57-27-28-58-29-30-59-31-32-60-33-34-5-2-1-3-6-34/h1-8,37,43H,9-33H2,(H,44,46,47). The molecule has 1 saturated heterocycles. The summed E-state index contributed by atoms with van der Waals surface area (Å²) < 4.78 is 60.7. The van der Waals surface area contributed by atoms with Gasteiger partial charge in [-0.3, -0.25) is 29.4 Å². The van der Waals surface area contributed by atoms with Gasteiger partial charge < -0.3 is 57.4 Å². The first kappa shape index (κ1) is 48.7. The number of hydrogen-bond acceptors (Lipinski definition) is 16. The minimum atomic E-state index is -1.01. The van der Waals surface area contributed by atoms with Gasteiger partial charge in [-0.05, 0) is 24.1 Å². The van der Waals surface area contributed by atoms with Gasteiger partial charge in [-0.1, -0.05) is 36.4 Å². The molecule has 0 saturated carbocycles. The van der Waals surface area contributed by atoms with E-state index in [1.54, 1.807) is 18.2 Å². The van der Waals surface area contributed by atoms with Gasteiger partial charge in [-0.2, -0.15) is 0 Å². The lowest BCUT2D eigenvalue weighted by atomic mass is 10.0. The number of carbonyl (C=O) groups excluding carboxylic acids is 4. The molecule has 0 bridgehead atoms. The molecule has 4 rings (SSSR count). The maximum Gasteiger partial charge on any atom is 0.264 e. The lowest BCUT2D eigenvalue weighted by molar-refractivity contribution is -0.136. The average molecular weight is 848 g/mol. The second-order valence-electron chi connectivity index (χ2n) is 13.3. The molecular formula is C42H61N3O15. The summed E-state index contributed by atoms with van der Waals surface area (Å²) in [6.07, 6.45) is 0.167. The zero-order valence-electron chi connectivity index (χ0n) is 34.4. The van der Waals surface area contributed by atoms with Crippen LogP contribution in [0.1, 0.15) is 39.1 Å². The number of anilines is 1. The van der Waals surface area contributed by atoms with Crippen molar-refractivity contribution in [2.75, 3.05) is 151 Å². The number of imide groups is 2. The van der Waals surface area contributed by atoms with Crippen molar-refractivity contribution in [1.82, 2.24) is 10.2 Å². The fraction of sp³-hybridized carbons (Fsp3) is 0.619. The zero-order chi connectivity index (χ0) is 42.3. The molecule has 2 aromatic carbocycles.